The zero-order valence-corrected chi connectivity index (χ0v) is 24.8. The lowest BCUT2D eigenvalue weighted by Gasteiger charge is -2.23. The molecule has 0 aliphatic heterocycles. The van der Waals surface area contributed by atoms with Crippen LogP contribution in [0.5, 0.6) is 0 Å². The Balaban J connectivity index is 1.71. The average Bonchev–Trinajstić information content (AvgIpc) is 3.22. The highest BCUT2D eigenvalue weighted by atomic mass is 15.1. The van der Waals surface area contributed by atoms with Crippen molar-refractivity contribution in [1.82, 2.24) is 24.3 Å². The van der Waals surface area contributed by atoms with Gasteiger partial charge >= 0.3 is 0 Å². The van der Waals surface area contributed by atoms with Gasteiger partial charge in [0.2, 0.25) is 5.52 Å². The van der Waals surface area contributed by atoms with Gasteiger partial charge < -0.3 is 4.40 Å². The maximum atomic E-state index is 5.05. The summed E-state index contributed by atoms with van der Waals surface area (Å²) in [7, 11) is 2.15. The van der Waals surface area contributed by atoms with Crippen molar-refractivity contribution in [2.75, 3.05) is 0 Å². The summed E-state index contributed by atoms with van der Waals surface area (Å²) in [6.07, 6.45) is 6.06. The quantitative estimate of drug-likeness (QED) is 0.128. The molecule has 2 aromatic carbocycles. The van der Waals surface area contributed by atoms with Crippen LogP contribution in [0.1, 0.15) is 64.3 Å². The highest BCUT2D eigenvalue weighted by Gasteiger charge is 2.28. The van der Waals surface area contributed by atoms with Crippen LogP contribution in [-0.2, 0) is 17.9 Å². The second kappa shape index (κ2) is 7.94. The maximum absolute atomic E-state index is 5.05. The van der Waals surface area contributed by atoms with E-state index in [0.29, 0.717) is 0 Å². The van der Waals surface area contributed by atoms with E-state index in [4.69, 9.17) is 15.0 Å². The predicted molar refractivity (Wildman–Crippen MR) is 163 cm³/mol. The number of aromatic nitrogens is 6. The van der Waals surface area contributed by atoms with Gasteiger partial charge in [-0.2, -0.15) is 0 Å². The van der Waals surface area contributed by atoms with Crippen LogP contribution in [0.3, 0.4) is 0 Å². The van der Waals surface area contributed by atoms with Crippen molar-refractivity contribution in [3.8, 4) is 11.4 Å². The molecule has 7 aromatic rings. The fourth-order valence-electron chi connectivity index (χ4n) is 6.06. The van der Waals surface area contributed by atoms with Gasteiger partial charge in [0, 0.05) is 39.4 Å². The molecular weight excluding hydrogens is 492 g/mol. The number of aryl methyl sites for hydroxylation is 3. The molecule has 0 saturated carbocycles. The summed E-state index contributed by atoms with van der Waals surface area (Å²) in [6, 6.07) is 11.2. The highest BCUT2D eigenvalue weighted by Crippen LogP contribution is 2.42. The molecule has 0 bridgehead atoms. The average molecular weight is 528 g/mol. The molecule has 0 amide bonds. The van der Waals surface area contributed by atoms with Gasteiger partial charge in [-0.3, -0.25) is 4.98 Å². The van der Waals surface area contributed by atoms with Crippen molar-refractivity contribution >= 4 is 49.0 Å². The largest absolute Gasteiger partial charge is 0.306 e. The lowest BCUT2D eigenvalue weighted by Crippen LogP contribution is -2.29. The van der Waals surface area contributed by atoms with E-state index in [1.807, 2.05) is 12.4 Å². The number of fused-ring (bicyclic) bond motifs is 5. The van der Waals surface area contributed by atoms with E-state index in [0.717, 1.165) is 34.1 Å². The minimum atomic E-state index is -0.202. The molecule has 0 radical (unpaired) electrons. The van der Waals surface area contributed by atoms with Crippen molar-refractivity contribution in [1.29, 1.82) is 0 Å². The van der Waals surface area contributed by atoms with Gasteiger partial charge in [-0.05, 0) is 54.6 Å². The molecule has 0 unspecified atom stereocenters. The van der Waals surface area contributed by atoms with Gasteiger partial charge in [0.25, 0.3) is 0 Å². The number of nitrogens with zero attached hydrogens (tertiary/aromatic N) is 6. The number of hydrogen-bond acceptors (Lipinski definition) is 4. The lowest BCUT2D eigenvalue weighted by molar-refractivity contribution is -0.643. The molecule has 200 valence electrons. The standard InChI is InChI=1S/C34H35N6/c1-18-14-23-22-10-12-35-17-25(22)40-24-16-21(30-36-31(33(3,4)5)38-32(37-30)34(6,7)8)15-20-11-13-39(9)29(27(20)24)26(19(18)2)28(23)40/h10-17H,1-9H3/q+1. The Bertz CT molecular complexity index is 2120. The molecular formula is C34H35N6+. The van der Waals surface area contributed by atoms with Crippen LogP contribution < -0.4 is 4.57 Å². The van der Waals surface area contributed by atoms with Crippen LogP contribution in [0.4, 0.5) is 0 Å². The van der Waals surface area contributed by atoms with E-state index in [1.165, 1.54) is 49.1 Å². The van der Waals surface area contributed by atoms with Crippen LogP contribution in [0.15, 0.2) is 48.9 Å². The number of hydrogen-bond donors (Lipinski definition) is 0. The summed E-state index contributed by atoms with van der Waals surface area (Å²) < 4.78 is 4.68. The molecule has 5 heterocycles. The van der Waals surface area contributed by atoms with E-state index < -0.39 is 0 Å². The van der Waals surface area contributed by atoms with Gasteiger partial charge in [-0.1, -0.05) is 41.5 Å². The van der Waals surface area contributed by atoms with Crippen LogP contribution in [-0.4, -0.2) is 24.3 Å². The van der Waals surface area contributed by atoms with Gasteiger partial charge in [0.1, 0.15) is 18.7 Å². The molecule has 40 heavy (non-hydrogen) atoms. The van der Waals surface area contributed by atoms with E-state index in [-0.39, 0.29) is 10.8 Å². The topological polar surface area (TPSA) is 59.9 Å². The highest BCUT2D eigenvalue weighted by molar-refractivity contribution is 6.26. The first-order valence-corrected chi connectivity index (χ1v) is 14.0. The van der Waals surface area contributed by atoms with E-state index in [2.05, 4.69) is 113 Å². The minimum absolute atomic E-state index is 0.202. The van der Waals surface area contributed by atoms with Gasteiger partial charge in [-0.25, -0.2) is 19.5 Å². The first-order valence-electron chi connectivity index (χ1n) is 14.0. The van der Waals surface area contributed by atoms with Gasteiger partial charge in [-0.15, -0.1) is 0 Å². The zero-order chi connectivity index (χ0) is 28.3. The molecule has 0 N–H and O–H groups in total. The summed E-state index contributed by atoms with van der Waals surface area (Å²) >= 11 is 0. The molecule has 0 aliphatic carbocycles. The molecule has 7 rings (SSSR count). The van der Waals surface area contributed by atoms with Gasteiger partial charge in [0.15, 0.2) is 12.0 Å². The smallest absolute Gasteiger partial charge is 0.224 e. The van der Waals surface area contributed by atoms with Crippen molar-refractivity contribution in [2.24, 2.45) is 7.05 Å². The van der Waals surface area contributed by atoms with Crippen molar-refractivity contribution in [3.63, 3.8) is 0 Å². The maximum Gasteiger partial charge on any atom is 0.224 e. The summed E-state index contributed by atoms with van der Waals surface area (Å²) in [4.78, 5) is 19.6. The van der Waals surface area contributed by atoms with Gasteiger partial charge in [0.05, 0.1) is 33.5 Å². The summed E-state index contributed by atoms with van der Waals surface area (Å²) in [5, 5.41) is 6.17. The molecule has 6 heteroatoms. The fourth-order valence-corrected chi connectivity index (χ4v) is 6.06. The third-order valence-electron chi connectivity index (χ3n) is 8.30. The Morgan fingerprint density at radius 2 is 1.48 bits per heavy atom. The van der Waals surface area contributed by atoms with E-state index >= 15 is 0 Å². The Kier molecular flexibility index (Phi) is 4.92. The Morgan fingerprint density at radius 1 is 0.775 bits per heavy atom. The van der Waals surface area contributed by atoms with E-state index in [9.17, 15) is 0 Å². The number of benzene rings is 2. The molecule has 0 atom stereocenters. The first-order chi connectivity index (χ1) is 18.8. The third-order valence-corrected chi connectivity index (χ3v) is 8.30. The van der Waals surface area contributed by atoms with Crippen LogP contribution in [0, 0.1) is 13.8 Å². The Morgan fingerprint density at radius 3 is 2.15 bits per heavy atom. The molecule has 0 saturated heterocycles. The SMILES string of the molecule is Cc1cc2c3ccncc3n3c4cc(-c5nc(C(C)(C)C)nc(C(C)(C)C)n5)cc5cc[n+](C)c(c(c1C)c23)c54. The molecule has 0 spiro atoms. The fraction of sp³-hybridized carbons (Fsp3) is 0.324. The number of rotatable bonds is 1. The normalized spacial score (nSPS) is 13.1. The molecule has 0 fully saturated rings. The van der Waals surface area contributed by atoms with E-state index in [1.54, 1.807) is 0 Å². The number of pyridine rings is 3. The zero-order valence-electron chi connectivity index (χ0n) is 24.8. The predicted octanol–water partition coefficient (Wildman–Crippen LogP) is 7.27. The Hall–Kier alpha value is -4.19. The minimum Gasteiger partial charge on any atom is -0.306 e. The monoisotopic (exact) mass is 527 g/mol. The van der Waals surface area contributed by atoms with Crippen LogP contribution in [0.2, 0.25) is 0 Å². The first kappa shape index (κ1) is 24.8. The second-order valence-corrected chi connectivity index (χ2v) is 13.4. The molecule has 0 aliphatic rings. The van der Waals surface area contributed by atoms with Crippen LogP contribution >= 0.6 is 0 Å². The summed E-state index contributed by atoms with van der Waals surface area (Å²) in [6.45, 7) is 17.4. The third kappa shape index (κ3) is 3.38. The molecule has 5 aromatic heterocycles. The van der Waals surface area contributed by atoms with Crippen molar-refractivity contribution < 1.29 is 4.57 Å². The lowest BCUT2D eigenvalue weighted by atomic mass is 9.92. The Labute approximate surface area is 234 Å². The summed E-state index contributed by atoms with van der Waals surface area (Å²) in [5.41, 5.74) is 7.92. The van der Waals surface area contributed by atoms with Crippen molar-refractivity contribution in [3.05, 3.63) is 71.7 Å². The van der Waals surface area contributed by atoms with Crippen LogP contribution in [0.25, 0.3) is 60.4 Å². The van der Waals surface area contributed by atoms with Crippen molar-refractivity contribution in [2.45, 2.75) is 66.2 Å². The molecule has 6 nitrogen and oxygen atoms in total. The second-order valence-electron chi connectivity index (χ2n) is 13.4. The summed E-state index contributed by atoms with van der Waals surface area (Å²) in [5.74, 6) is 2.34.